The van der Waals surface area contributed by atoms with Gasteiger partial charge in [0.15, 0.2) is 0 Å². The molecule has 2 aliphatic heterocycles. The molecule has 4 rings (SSSR count). The minimum absolute atomic E-state index is 0.0472. The van der Waals surface area contributed by atoms with E-state index in [1.807, 2.05) is 16.5 Å². The molecule has 25 heavy (non-hydrogen) atoms. The third-order valence-corrected chi connectivity index (χ3v) is 5.71. The Kier molecular flexibility index (Phi) is 4.04. The minimum atomic E-state index is -0.296. The molecule has 5 nitrogen and oxygen atoms in total. The first kappa shape index (κ1) is 16.5. The Bertz CT molecular complexity index is 810. The lowest BCUT2D eigenvalue weighted by Crippen LogP contribution is -2.57. The molecule has 2 aliphatic rings. The largest absolute Gasteiger partial charge is 0.377 e. The summed E-state index contributed by atoms with van der Waals surface area (Å²) in [6.07, 6.45) is 2.71. The zero-order chi connectivity index (χ0) is 17.6. The van der Waals surface area contributed by atoms with Gasteiger partial charge in [-0.05, 0) is 43.5 Å². The van der Waals surface area contributed by atoms with Crippen molar-refractivity contribution in [3.63, 3.8) is 0 Å². The maximum atomic E-state index is 13.5. The number of benzene rings is 1. The Morgan fingerprint density at radius 2 is 2.20 bits per heavy atom. The topological polar surface area (TPSA) is 43.7 Å². The van der Waals surface area contributed by atoms with Crippen LogP contribution in [0.3, 0.4) is 0 Å². The number of likely N-dealkylation sites (tertiary alicyclic amines) is 1. The van der Waals surface area contributed by atoms with E-state index in [0.717, 1.165) is 36.8 Å². The van der Waals surface area contributed by atoms with Crippen molar-refractivity contribution in [2.24, 2.45) is 7.05 Å². The lowest BCUT2D eigenvalue weighted by molar-refractivity contribution is -0.136. The van der Waals surface area contributed by atoms with E-state index in [2.05, 4.69) is 0 Å². The first-order valence-electron chi connectivity index (χ1n) is 8.75. The molecule has 2 atom stereocenters. The molecular formula is C19H23FN2O3. The standard InChI is InChI=1S/C19H23FN2O3/c1-21-15-5-4-14(20)10-13(15)11-16(21)18(23)22-8-7-19(6-3-9-25-19)17(12-22)24-2/h4-5,10-11,17H,3,6-9,12H2,1-2H3/t17-,19-/m0/s1. The molecule has 1 amide bonds. The summed E-state index contributed by atoms with van der Waals surface area (Å²) in [4.78, 5) is 14.9. The zero-order valence-corrected chi connectivity index (χ0v) is 14.6. The van der Waals surface area contributed by atoms with Crippen LogP contribution >= 0.6 is 0 Å². The van der Waals surface area contributed by atoms with Gasteiger partial charge < -0.3 is 18.9 Å². The Hall–Kier alpha value is -1.92. The van der Waals surface area contributed by atoms with E-state index >= 15 is 0 Å². The molecule has 1 spiro atoms. The van der Waals surface area contributed by atoms with Gasteiger partial charge >= 0.3 is 0 Å². The zero-order valence-electron chi connectivity index (χ0n) is 14.6. The van der Waals surface area contributed by atoms with Gasteiger partial charge in [-0.25, -0.2) is 4.39 Å². The highest BCUT2D eigenvalue weighted by Gasteiger charge is 2.47. The Morgan fingerprint density at radius 1 is 1.36 bits per heavy atom. The molecule has 1 aromatic heterocycles. The summed E-state index contributed by atoms with van der Waals surface area (Å²) in [7, 11) is 3.52. The summed E-state index contributed by atoms with van der Waals surface area (Å²) in [6.45, 7) is 1.93. The summed E-state index contributed by atoms with van der Waals surface area (Å²) >= 11 is 0. The van der Waals surface area contributed by atoms with Gasteiger partial charge in [-0.15, -0.1) is 0 Å². The number of aryl methyl sites for hydroxylation is 1. The van der Waals surface area contributed by atoms with Crippen molar-refractivity contribution in [3.05, 3.63) is 35.8 Å². The number of aromatic nitrogens is 1. The number of amides is 1. The van der Waals surface area contributed by atoms with Gasteiger partial charge in [0.25, 0.3) is 5.91 Å². The number of nitrogens with zero attached hydrogens (tertiary/aromatic N) is 2. The SMILES string of the molecule is CO[C@H]1CN(C(=O)c2cc3cc(F)ccc3n2C)CC[C@@]12CCCO2. The second kappa shape index (κ2) is 6.11. The number of rotatable bonds is 2. The number of carbonyl (C=O) groups excluding carboxylic acids is 1. The molecule has 2 fully saturated rings. The average molecular weight is 346 g/mol. The molecule has 0 bridgehead atoms. The molecule has 2 saturated heterocycles. The highest BCUT2D eigenvalue weighted by atomic mass is 19.1. The fourth-order valence-corrected chi connectivity index (χ4v) is 4.27. The first-order chi connectivity index (χ1) is 12.0. The van der Waals surface area contributed by atoms with Crippen molar-refractivity contribution >= 4 is 16.8 Å². The van der Waals surface area contributed by atoms with Gasteiger partial charge in [-0.1, -0.05) is 0 Å². The Balaban J connectivity index is 1.60. The maximum Gasteiger partial charge on any atom is 0.270 e. The van der Waals surface area contributed by atoms with Gasteiger partial charge in [0.1, 0.15) is 17.6 Å². The summed E-state index contributed by atoms with van der Waals surface area (Å²) in [5.41, 5.74) is 1.17. The quantitative estimate of drug-likeness (QED) is 0.840. The molecule has 2 aromatic rings. The van der Waals surface area contributed by atoms with Crippen LogP contribution in [0.4, 0.5) is 4.39 Å². The molecule has 0 unspecified atom stereocenters. The number of piperidine rings is 1. The van der Waals surface area contributed by atoms with Gasteiger partial charge in [0, 0.05) is 38.2 Å². The fraction of sp³-hybridized carbons (Fsp3) is 0.526. The van der Waals surface area contributed by atoms with Gasteiger partial charge in [0.2, 0.25) is 0 Å². The number of methoxy groups -OCH3 is 1. The minimum Gasteiger partial charge on any atom is -0.377 e. The molecule has 134 valence electrons. The van der Waals surface area contributed by atoms with E-state index in [1.165, 1.54) is 12.1 Å². The van der Waals surface area contributed by atoms with Gasteiger partial charge in [0.05, 0.1) is 12.1 Å². The second-order valence-electron chi connectivity index (χ2n) is 7.03. The van der Waals surface area contributed by atoms with Crippen molar-refractivity contribution in [2.45, 2.75) is 31.0 Å². The second-order valence-corrected chi connectivity index (χ2v) is 7.03. The third kappa shape index (κ3) is 2.64. The maximum absolute atomic E-state index is 13.5. The van der Waals surface area contributed by atoms with Crippen molar-refractivity contribution in [2.75, 3.05) is 26.8 Å². The molecular weight excluding hydrogens is 323 g/mol. The average Bonchev–Trinajstić information content (AvgIpc) is 3.20. The summed E-state index contributed by atoms with van der Waals surface area (Å²) in [6, 6.07) is 6.34. The number of ether oxygens (including phenoxy) is 2. The van der Waals surface area contributed by atoms with Crippen LogP contribution in [0, 0.1) is 5.82 Å². The van der Waals surface area contributed by atoms with Gasteiger partial charge in [-0.3, -0.25) is 4.79 Å². The van der Waals surface area contributed by atoms with Crippen LogP contribution < -0.4 is 0 Å². The fourth-order valence-electron chi connectivity index (χ4n) is 4.27. The van der Waals surface area contributed by atoms with Crippen LogP contribution in [-0.2, 0) is 16.5 Å². The van der Waals surface area contributed by atoms with Gasteiger partial charge in [-0.2, -0.15) is 0 Å². The predicted molar refractivity (Wildman–Crippen MR) is 92.1 cm³/mol. The summed E-state index contributed by atoms with van der Waals surface area (Å²) in [5.74, 6) is -0.344. The molecule has 0 saturated carbocycles. The normalized spacial score (nSPS) is 26.7. The van der Waals surface area contributed by atoms with Crippen LogP contribution in [0.2, 0.25) is 0 Å². The van der Waals surface area contributed by atoms with E-state index < -0.39 is 0 Å². The smallest absolute Gasteiger partial charge is 0.270 e. The van der Waals surface area contributed by atoms with Crippen molar-refractivity contribution < 1.29 is 18.7 Å². The molecule has 0 radical (unpaired) electrons. The lowest BCUT2D eigenvalue weighted by atomic mass is 9.85. The van der Waals surface area contributed by atoms with E-state index in [-0.39, 0.29) is 23.4 Å². The summed E-state index contributed by atoms with van der Waals surface area (Å²) < 4.78 is 27.0. The number of halogens is 1. The Morgan fingerprint density at radius 3 is 2.92 bits per heavy atom. The van der Waals surface area contributed by atoms with E-state index in [1.54, 1.807) is 19.2 Å². The number of carbonyl (C=O) groups is 1. The number of fused-ring (bicyclic) bond motifs is 1. The van der Waals surface area contributed by atoms with Crippen LogP contribution in [0.1, 0.15) is 29.8 Å². The third-order valence-electron chi connectivity index (χ3n) is 5.71. The summed E-state index contributed by atoms with van der Waals surface area (Å²) in [5, 5.41) is 0.738. The first-order valence-corrected chi connectivity index (χ1v) is 8.75. The molecule has 6 heteroatoms. The van der Waals surface area contributed by atoms with E-state index in [0.29, 0.717) is 18.8 Å². The lowest BCUT2D eigenvalue weighted by Gasteiger charge is -2.44. The van der Waals surface area contributed by atoms with Crippen molar-refractivity contribution in [1.82, 2.24) is 9.47 Å². The highest BCUT2D eigenvalue weighted by molar-refractivity contribution is 5.98. The van der Waals surface area contributed by atoms with Crippen LogP contribution in [0.5, 0.6) is 0 Å². The predicted octanol–water partition coefficient (Wildman–Crippen LogP) is 2.73. The molecule has 0 aliphatic carbocycles. The van der Waals surface area contributed by atoms with Crippen LogP contribution in [0.15, 0.2) is 24.3 Å². The van der Waals surface area contributed by atoms with Crippen molar-refractivity contribution in [3.8, 4) is 0 Å². The van der Waals surface area contributed by atoms with E-state index in [4.69, 9.17) is 9.47 Å². The van der Waals surface area contributed by atoms with E-state index in [9.17, 15) is 9.18 Å². The molecule has 1 aromatic carbocycles. The Labute approximate surface area is 146 Å². The van der Waals surface area contributed by atoms with Crippen molar-refractivity contribution in [1.29, 1.82) is 0 Å². The molecule has 0 N–H and O–H groups in total. The molecule has 3 heterocycles. The number of hydrogen-bond donors (Lipinski definition) is 0. The van der Waals surface area contributed by atoms with Crippen LogP contribution in [-0.4, -0.2) is 53.9 Å². The van der Waals surface area contributed by atoms with Crippen LogP contribution in [0.25, 0.3) is 10.9 Å². The number of hydrogen-bond acceptors (Lipinski definition) is 3. The monoisotopic (exact) mass is 346 g/mol. The highest BCUT2D eigenvalue weighted by Crippen LogP contribution is 2.37.